The van der Waals surface area contributed by atoms with Gasteiger partial charge in [-0.3, -0.25) is 4.79 Å². The summed E-state index contributed by atoms with van der Waals surface area (Å²) in [7, 11) is 0. The maximum atomic E-state index is 11.7. The first-order valence-electron chi connectivity index (χ1n) is 10.9. The number of hydrazine groups is 1. The van der Waals surface area contributed by atoms with Gasteiger partial charge in [0.25, 0.3) is 0 Å². The molecule has 0 radical (unpaired) electrons. The molecule has 0 aromatic heterocycles. The van der Waals surface area contributed by atoms with Gasteiger partial charge in [0.05, 0.1) is 5.66 Å². The van der Waals surface area contributed by atoms with E-state index in [0.717, 1.165) is 25.8 Å². The van der Waals surface area contributed by atoms with Gasteiger partial charge in [-0.25, -0.2) is 10.9 Å². The number of terminal acetylenes is 1. The van der Waals surface area contributed by atoms with Crippen LogP contribution in [0.25, 0.3) is 0 Å². The normalized spacial score (nSPS) is 14.8. The second-order valence-corrected chi connectivity index (χ2v) is 7.98. The van der Waals surface area contributed by atoms with E-state index in [4.69, 9.17) is 6.42 Å². The second-order valence-electron chi connectivity index (χ2n) is 7.98. The third-order valence-electron chi connectivity index (χ3n) is 5.22. The van der Waals surface area contributed by atoms with Crippen LogP contribution in [0.15, 0.2) is 0 Å². The number of carbonyl (C=O) groups is 1. The number of unbranched alkanes of at least 4 members (excludes halogenated alkanes) is 13. The van der Waals surface area contributed by atoms with Gasteiger partial charge in [0, 0.05) is 19.4 Å². The number of hydrogen-bond acceptors (Lipinski definition) is 3. The molecule has 0 atom stereocenters. The Morgan fingerprint density at radius 3 is 1.77 bits per heavy atom. The SMILES string of the molecule is C#CCCCCCCCCCCCCCCCC(=O)NCCC1(C)NN1. The van der Waals surface area contributed by atoms with Crippen molar-refractivity contribution in [2.75, 3.05) is 6.54 Å². The van der Waals surface area contributed by atoms with Crippen LogP contribution in [0.3, 0.4) is 0 Å². The standard InChI is InChI=1S/C22H41N3O/c1-3-4-5-6-7-8-9-10-11-12-13-14-15-16-17-18-21(26)23-20-19-22(2)24-25-22/h1,24-25H,4-20H2,2H3,(H,23,26). The summed E-state index contributed by atoms with van der Waals surface area (Å²) in [6.45, 7) is 2.85. The molecule has 4 nitrogen and oxygen atoms in total. The molecule has 150 valence electrons. The number of hydrogen-bond donors (Lipinski definition) is 3. The lowest BCUT2D eigenvalue weighted by molar-refractivity contribution is -0.121. The molecule has 0 aromatic rings. The van der Waals surface area contributed by atoms with E-state index in [2.05, 4.69) is 29.0 Å². The van der Waals surface area contributed by atoms with Gasteiger partial charge in [-0.2, -0.15) is 0 Å². The first kappa shape index (κ1) is 23.0. The minimum Gasteiger partial charge on any atom is -0.356 e. The molecular weight excluding hydrogens is 322 g/mol. The summed E-state index contributed by atoms with van der Waals surface area (Å²) < 4.78 is 0. The first-order chi connectivity index (χ1) is 12.7. The van der Waals surface area contributed by atoms with Crippen molar-refractivity contribution in [3.05, 3.63) is 0 Å². The fraction of sp³-hybridized carbons (Fsp3) is 0.864. The van der Waals surface area contributed by atoms with Crippen LogP contribution in [-0.2, 0) is 4.79 Å². The summed E-state index contributed by atoms with van der Waals surface area (Å²) in [5, 5.41) is 3.00. The Hall–Kier alpha value is -1.05. The summed E-state index contributed by atoms with van der Waals surface area (Å²) in [5.74, 6) is 2.91. The fourth-order valence-electron chi connectivity index (χ4n) is 3.23. The van der Waals surface area contributed by atoms with Crippen LogP contribution in [0.1, 0.15) is 110 Å². The number of rotatable bonds is 18. The van der Waals surface area contributed by atoms with E-state index in [1.165, 1.54) is 77.0 Å². The van der Waals surface area contributed by atoms with Gasteiger partial charge in [-0.15, -0.1) is 12.3 Å². The van der Waals surface area contributed by atoms with Gasteiger partial charge >= 0.3 is 0 Å². The lowest BCUT2D eigenvalue weighted by atomic mass is 10.0. The van der Waals surface area contributed by atoms with Gasteiger partial charge in [0.15, 0.2) is 0 Å². The van der Waals surface area contributed by atoms with Crippen molar-refractivity contribution in [1.29, 1.82) is 0 Å². The minimum absolute atomic E-state index is 0.0511. The highest BCUT2D eigenvalue weighted by Crippen LogP contribution is 2.14. The second kappa shape index (κ2) is 15.1. The molecule has 1 amide bonds. The van der Waals surface area contributed by atoms with E-state index in [1.807, 2.05) is 0 Å². The van der Waals surface area contributed by atoms with Crippen molar-refractivity contribution >= 4 is 5.91 Å². The minimum atomic E-state index is 0.0511. The van der Waals surface area contributed by atoms with Crippen LogP contribution >= 0.6 is 0 Å². The van der Waals surface area contributed by atoms with Gasteiger partial charge < -0.3 is 5.32 Å². The predicted octanol–water partition coefficient (Wildman–Crippen LogP) is 4.80. The maximum absolute atomic E-state index is 11.7. The van der Waals surface area contributed by atoms with E-state index >= 15 is 0 Å². The van der Waals surface area contributed by atoms with E-state index in [9.17, 15) is 4.79 Å². The van der Waals surface area contributed by atoms with Crippen molar-refractivity contribution in [1.82, 2.24) is 16.2 Å². The van der Waals surface area contributed by atoms with E-state index < -0.39 is 0 Å². The Bertz CT molecular complexity index is 399. The number of nitrogens with one attached hydrogen (secondary N) is 3. The molecule has 3 N–H and O–H groups in total. The highest BCUT2D eigenvalue weighted by molar-refractivity contribution is 5.75. The number of carbonyl (C=O) groups excluding carboxylic acids is 1. The van der Waals surface area contributed by atoms with Crippen LogP contribution in [0, 0.1) is 12.3 Å². The lowest BCUT2D eigenvalue weighted by Crippen LogP contribution is -2.28. The Morgan fingerprint density at radius 2 is 1.31 bits per heavy atom. The van der Waals surface area contributed by atoms with Crippen molar-refractivity contribution in [3.63, 3.8) is 0 Å². The molecule has 1 heterocycles. The average Bonchev–Trinajstić information content (AvgIpc) is 3.35. The predicted molar refractivity (Wildman–Crippen MR) is 110 cm³/mol. The monoisotopic (exact) mass is 363 g/mol. The van der Waals surface area contributed by atoms with E-state index in [-0.39, 0.29) is 11.6 Å². The molecular formula is C22H41N3O. The summed E-state index contributed by atoms with van der Waals surface area (Å²) in [6, 6.07) is 0. The zero-order chi connectivity index (χ0) is 18.9. The molecule has 1 aliphatic rings. The van der Waals surface area contributed by atoms with Crippen molar-refractivity contribution in [3.8, 4) is 12.3 Å². The fourth-order valence-corrected chi connectivity index (χ4v) is 3.23. The summed E-state index contributed by atoms with van der Waals surface area (Å²) >= 11 is 0. The summed E-state index contributed by atoms with van der Waals surface area (Å²) in [5.41, 5.74) is 6.21. The topological polar surface area (TPSA) is 73.0 Å². The lowest BCUT2D eigenvalue weighted by Gasteiger charge is -2.07. The van der Waals surface area contributed by atoms with Gasteiger partial charge in [0.2, 0.25) is 5.91 Å². The molecule has 4 heteroatoms. The molecule has 0 aliphatic carbocycles. The summed E-state index contributed by atoms with van der Waals surface area (Å²) in [4.78, 5) is 11.7. The first-order valence-corrected chi connectivity index (χ1v) is 10.9. The van der Waals surface area contributed by atoms with Crippen LogP contribution < -0.4 is 16.2 Å². The molecule has 1 saturated heterocycles. The largest absolute Gasteiger partial charge is 0.356 e. The molecule has 0 bridgehead atoms. The molecule has 1 aliphatic heterocycles. The van der Waals surface area contributed by atoms with Gasteiger partial charge in [0.1, 0.15) is 0 Å². The molecule has 0 unspecified atom stereocenters. The molecule has 26 heavy (non-hydrogen) atoms. The third kappa shape index (κ3) is 14.2. The highest BCUT2D eigenvalue weighted by Gasteiger charge is 2.34. The Balaban J connectivity index is 1.70. The quantitative estimate of drug-likeness (QED) is 0.186. The van der Waals surface area contributed by atoms with Gasteiger partial charge in [-0.1, -0.05) is 70.6 Å². The number of amides is 1. The van der Waals surface area contributed by atoms with Crippen LogP contribution in [0.2, 0.25) is 0 Å². The van der Waals surface area contributed by atoms with Crippen molar-refractivity contribution in [2.45, 2.75) is 115 Å². The Kier molecular flexibility index (Phi) is 13.3. The molecule has 1 fully saturated rings. The Labute approximate surface area is 161 Å². The van der Waals surface area contributed by atoms with E-state index in [1.54, 1.807) is 0 Å². The summed E-state index contributed by atoms with van der Waals surface area (Å²) in [6.07, 6.45) is 24.7. The average molecular weight is 364 g/mol. The van der Waals surface area contributed by atoms with Crippen LogP contribution in [-0.4, -0.2) is 18.1 Å². The molecule has 0 aromatic carbocycles. The van der Waals surface area contributed by atoms with E-state index in [0.29, 0.717) is 6.42 Å². The molecule has 0 spiro atoms. The van der Waals surface area contributed by atoms with Gasteiger partial charge in [-0.05, 0) is 26.2 Å². The molecule has 0 saturated carbocycles. The van der Waals surface area contributed by atoms with Crippen LogP contribution in [0.4, 0.5) is 0 Å². The smallest absolute Gasteiger partial charge is 0.219 e. The van der Waals surface area contributed by atoms with Crippen molar-refractivity contribution < 1.29 is 4.79 Å². The van der Waals surface area contributed by atoms with Crippen molar-refractivity contribution in [2.24, 2.45) is 0 Å². The molecule has 1 rings (SSSR count). The zero-order valence-corrected chi connectivity index (χ0v) is 17.0. The maximum Gasteiger partial charge on any atom is 0.219 e. The highest BCUT2D eigenvalue weighted by atomic mass is 16.1. The third-order valence-corrected chi connectivity index (χ3v) is 5.22. The van der Waals surface area contributed by atoms with Crippen LogP contribution in [0.5, 0.6) is 0 Å². The zero-order valence-electron chi connectivity index (χ0n) is 17.0. The Morgan fingerprint density at radius 1 is 0.846 bits per heavy atom.